The molecule has 3 amide bonds. The van der Waals surface area contributed by atoms with Gasteiger partial charge in [-0.2, -0.15) is 0 Å². The highest BCUT2D eigenvalue weighted by Crippen LogP contribution is 2.37. The molecule has 158 valence electrons. The van der Waals surface area contributed by atoms with Crippen molar-refractivity contribution >= 4 is 62.7 Å². The summed E-state index contributed by atoms with van der Waals surface area (Å²) in [5, 5.41) is 9.58. The van der Waals surface area contributed by atoms with E-state index >= 15 is 0 Å². The first-order valence-corrected chi connectivity index (χ1v) is 10.8. The van der Waals surface area contributed by atoms with Crippen molar-refractivity contribution in [2.45, 2.75) is 31.7 Å². The van der Waals surface area contributed by atoms with Gasteiger partial charge in [0.2, 0.25) is 0 Å². The summed E-state index contributed by atoms with van der Waals surface area (Å²) in [7, 11) is 0. The SMILES string of the molecule is CC1(Cc2ccc(Br)cc2)C(=O)N(c2cc(Cl)cc(Cl)c2)C(=O)N1CCCC(=O)O. The molecule has 6 nitrogen and oxygen atoms in total. The fourth-order valence-corrected chi connectivity index (χ4v) is 4.35. The van der Waals surface area contributed by atoms with Crippen LogP contribution < -0.4 is 4.90 Å². The monoisotopic (exact) mass is 512 g/mol. The first-order chi connectivity index (χ1) is 14.1. The molecule has 1 heterocycles. The van der Waals surface area contributed by atoms with E-state index in [1.165, 1.54) is 23.1 Å². The number of amides is 3. The molecule has 2 aromatic carbocycles. The molecule has 3 rings (SSSR count). The summed E-state index contributed by atoms with van der Waals surface area (Å²) in [6, 6.07) is 11.5. The number of nitrogens with zero attached hydrogens (tertiary/aromatic N) is 2. The molecule has 1 aliphatic rings. The van der Waals surface area contributed by atoms with Crippen molar-refractivity contribution in [1.82, 2.24) is 4.90 Å². The van der Waals surface area contributed by atoms with Gasteiger partial charge in [0, 0.05) is 33.9 Å². The van der Waals surface area contributed by atoms with Gasteiger partial charge in [-0.3, -0.25) is 9.59 Å². The molecule has 1 N–H and O–H groups in total. The predicted molar refractivity (Wildman–Crippen MR) is 119 cm³/mol. The van der Waals surface area contributed by atoms with Crippen LogP contribution in [0, 0.1) is 0 Å². The summed E-state index contributed by atoms with van der Waals surface area (Å²) in [4.78, 5) is 40.2. The van der Waals surface area contributed by atoms with E-state index in [4.69, 9.17) is 28.3 Å². The van der Waals surface area contributed by atoms with Crippen molar-refractivity contribution in [1.29, 1.82) is 0 Å². The number of anilines is 1. The van der Waals surface area contributed by atoms with Gasteiger partial charge in [0.1, 0.15) is 5.54 Å². The fourth-order valence-electron chi connectivity index (χ4n) is 3.57. The van der Waals surface area contributed by atoms with Crippen LogP contribution in [0.25, 0.3) is 0 Å². The van der Waals surface area contributed by atoms with Crippen molar-refractivity contribution in [3.8, 4) is 0 Å². The van der Waals surface area contributed by atoms with Gasteiger partial charge in [0.25, 0.3) is 5.91 Å². The molecule has 0 aliphatic carbocycles. The number of carbonyl (C=O) groups excluding carboxylic acids is 2. The van der Waals surface area contributed by atoms with Crippen LogP contribution in [0.1, 0.15) is 25.3 Å². The number of hydrogen-bond donors (Lipinski definition) is 1. The molecule has 0 radical (unpaired) electrons. The average Bonchev–Trinajstić information content (AvgIpc) is 2.83. The molecule has 1 fully saturated rings. The zero-order valence-corrected chi connectivity index (χ0v) is 19.2. The van der Waals surface area contributed by atoms with Crippen LogP contribution in [0.5, 0.6) is 0 Å². The third-order valence-corrected chi connectivity index (χ3v) is 5.99. The molecular weight excluding hydrogens is 495 g/mol. The van der Waals surface area contributed by atoms with E-state index in [2.05, 4.69) is 15.9 Å². The summed E-state index contributed by atoms with van der Waals surface area (Å²) in [6.07, 6.45) is 0.409. The van der Waals surface area contributed by atoms with Gasteiger partial charge in [0.05, 0.1) is 5.69 Å². The minimum Gasteiger partial charge on any atom is -0.481 e. The normalized spacial score (nSPS) is 18.9. The number of carboxylic acids is 1. The van der Waals surface area contributed by atoms with Gasteiger partial charge in [0.15, 0.2) is 0 Å². The minimum absolute atomic E-state index is 0.102. The lowest BCUT2D eigenvalue weighted by molar-refractivity contribution is -0.137. The Morgan fingerprint density at radius 2 is 1.70 bits per heavy atom. The Balaban J connectivity index is 1.99. The number of urea groups is 1. The van der Waals surface area contributed by atoms with Crippen LogP contribution in [0.4, 0.5) is 10.5 Å². The Morgan fingerprint density at radius 3 is 2.27 bits per heavy atom. The van der Waals surface area contributed by atoms with Crippen LogP contribution in [-0.4, -0.2) is 40.0 Å². The van der Waals surface area contributed by atoms with E-state index in [9.17, 15) is 14.4 Å². The lowest BCUT2D eigenvalue weighted by Crippen LogP contribution is -2.49. The molecule has 0 saturated carbocycles. The number of rotatable bonds is 7. The van der Waals surface area contributed by atoms with Crippen molar-refractivity contribution in [2.24, 2.45) is 0 Å². The maximum Gasteiger partial charge on any atom is 0.332 e. The summed E-state index contributed by atoms with van der Waals surface area (Å²) in [6.45, 7) is 1.83. The summed E-state index contributed by atoms with van der Waals surface area (Å²) < 4.78 is 0.902. The lowest BCUT2D eigenvalue weighted by Gasteiger charge is -2.31. The van der Waals surface area contributed by atoms with Crippen LogP contribution in [0.2, 0.25) is 10.0 Å². The molecule has 1 atom stereocenters. The molecule has 30 heavy (non-hydrogen) atoms. The van der Waals surface area contributed by atoms with E-state index < -0.39 is 23.4 Å². The number of aliphatic carboxylic acids is 1. The third kappa shape index (κ3) is 4.63. The predicted octanol–water partition coefficient (Wildman–Crippen LogP) is 5.39. The molecule has 1 saturated heterocycles. The molecule has 1 unspecified atom stereocenters. The van der Waals surface area contributed by atoms with Crippen LogP contribution in [-0.2, 0) is 16.0 Å². The Labute approximate surface area is 192 Å². The lowest BCUT2D eigenvalue weighted by atomic mass is 9.91. The summed E-state index contributed by atoms with van der Waals surface area (Å²) in [5.74, 6) is -1.37. The first-order valence-electron chi connectivity index (χ1n) is 9.20. The number of imide groups is 1. The Kier molecular flexibility index (Phi) is 6.75. The Hall–Kier alpha value is -2.09. The zero-order valence-electron chi connectivity index (χ0n) is 16.1. The fraction of sp³-hybridized carbons (Fsp3) is 0.286. The van der Waals surface area contributed by atoms with Crippen LogP contribution in [0.3, 0.4) is 0 Å². The highest BCUT2D eigenvalue weighted by Gasteiger charge is 2.54. The highest BCUT2D eigenvalue weighted by atomic mass is 79.9. The number of benzene rings is 2. The Morgan fingerprint density at radius 1 is 1.10 bits per heavy atom. The second kappa shape index (κ2) is 8.96. The quantitative estimate of drug-likeness (QED) is 0.503. The standard InChI is InChI=1S/C21H19BrCl2N2O4/c1-21(12-13-4-6-14(22)7-5-13)19(29)26(17-10-15(23)9-16(24)11-17)20(30)25(21)8-2-3-18(27)28/h4-7,9-11H,2-3,8,12H2,1H3,(H,27,28). The maximum atomic E-state index is 13.5. The first kappa shape index (κ1) is 22.6. The van der Waals surface area contributed by atoms with Gasteiger partial charge in [-0.1, -0.05) is 51.3 Å². The van der Waals surface area contributed by atoms with Gasteiger partial charge in [-0.05, 0) is 49.2 Å². The summed E-state index contributed by atoms with van der Waals surface area (Å²) in [5.41, 5.74) is -0.0283. The smallest absolute Gasteiger partial charge is 0.332 e. The van der Waals surface area contributed by atoms with E-state index in [0.29, 0.717) is 10.0 Å². The number of halogens is 3. The molecule has 2 aromatic rings. The van der Waals surface area contributed by atoms with Gasteiger partial charge < -0.3 is 10.0 Å². The van der Waals surface area contributed by atoms with Crippen molar-refractivity contribution in [3.63, 3.8) is 0 Å². The van der Waals surface area contributed by atoms with E-state index in [1.54, 1.807) is 6.92 Å². The second-order valence-corrected chi connectivity index (χ2v) is 9.07. The Bertz CT molecular complexity index is 979. The van der Waals surface area contributed by atoms with Crippen molar-refractivity contribution in [3.05, 3.63) is 62.5 Å². The van der Waals surface area contributed by atoms with Crippen molar-refractivity contribution in [2.75, 3.05) is 11.4 Å². The molecule has 9 heteroatoms. The van der Waals surface area contributed by atoms with E-state index in [0.717, 1.165) is 14.9 Å². The van der Waals surface area contributed by atoms with Gasteiger partial charge in [-0.15, -0.1) is 0 Å². The molecule has 0 bridgehead atoms. The summed E-state index contributed by atoms with van der Waals surface area (Å²) >= 11 is 15.5. The minimum atomic E-state index is -1.18. The van der Waals surface area contributed by atoms with Crippen molar-refractivity contribution < 1.29 is 19.5 Å². The van der Waals surface area contributed by atoms with Gasteiger partial charge >= 0.3 is 12.0 Å². The largest absolute Gasteiger partial charge is 0.481 e. The molecule has 1 aliphatic heterocycles. The average molecular weight is 514 g/mol. The highest BCUT2D eigenvalue weighted by molar-refractivity contribution is 9.10. The second-order valence-electron chi connectivity index (χ2n) is 7.28. The van der Waals surface area contributed by atoms with Gasteiger partial charge in [-0.25, -0.2) is 9.69 Å². The topological polar surface area (TPSA) is 77.9 Å². The van der Waals surface area contributed by atoms with E-state index in [1.807, 2.05) is 24.3 Å². The molecular formula is C21H19BrCl2N2O4. The maximum absolute atomic E-state index is 13.5. The number of carboxylic acid groups (broad SMARTS) is 1. The molecule has 0 aromatic heterocycles. The molecule has 0 spiro atoms. The van der Waals surface area contributed by atoms with Crippen LogP contribution >= 0.6 is 39.1 Å². The number of hydrogen-bond acceptors (Lipinski definition) is 3. The van der Waals surface area contributed by atoms with Crippen LogP contribution in [0.15, 0.2) is 46.9 Å². The number of carbonyl (C=O) groups is 3. The zero-order chi connectivity index (χ0) is 22.1. The van der Waals surface area contributed by atoms with E-state index in [-0.39, 0.29) is 31.5 Å². The third-order valence-electron chi connectivity index (χ3n) is 5.02.